The van der Waals surface area contributed by atoms with Crippen LogP contribution in [0.4, 0.5) is 5.69 Å². The van der Waals surface area contributed by atoms with Gasteiger partial charge in [0.1, 0.15) is 5.82 Å². The fourth-order valence-electron chi connectivity index (χ4n) is 1.64. The monoisotopic (exact) mass is 231 g/mol. The average Bonchev–Trinajstić information content (AvgIpc) is 2.69. The van der Waals surface area contributed by atoms with E-state index in [0.717, 1.165) is 16.9 Å². The summed E-state index contributed by atoms with van der Waals surface area (Å²) < 4.78 is 0. The van der Waals surface area contributed by atoms with Gasteiger partial charge in [-0.2, -0.15) is 4.99 Å². The zero-order valence-electron chi connectivity index (χ0n) is 9.47. The number of nitrogens with one attached hydrogen (secondary N) is 1. The number of carbonyl (C=O) groups excluding carboxylic acids is 1. The number of rotatable bonds is 4. The van der Waals surface area contributed by atoms with Crippen LogP contribution < -0.4 is 0 Å². The van der Waals surface area contributed by atoms with Gasteiger partial charge in [-0.15, -0.1) is 0 Å². The van der Waals surface area contributed by atoms with Crippen molar-refractivity contribution in [3.8, 4) is 0 Å². The first-order valence-electron chi connectivity index (χ1n) is 5.43. The van der Waals surface area contributed by atoms with Crippen LogP contribution in [0.15, 0.2) is 23.2 Å². The van der Waals surface area contributed by atoms with Crippen molar-refractivity contribution in [2.45, 2.75) is 25.9 Å². The van der Waals surface area contributed by atoms with Gasteiger partial charge in [0.15, 0.2) is 0 Å². The van der Waals surface area contributed by atoms with Gasteiger partial charge in [0.25, 0.3) is 0 Å². The Kier molecular flexibility index (Phi) is 3.32. The molecule has 0 aliphatic heterocycles. The lowest BCUT2D eigenvalue weighted by Crippen LogP contribution is -2.02. The molecule has 0 radical (unpaired) electrons. The molecular formula is C12H13N3O2. The molecular weight excluding hydrogens is 218 g/mol. The molecule has 1 atom stereocenters. The Balaban J connectivity index is 2.27. The number of imidazole rings is 1. The van der Waals surface area contributed by atoms with Crippen LogP contribution in [0.3, 0.4) is 0 Å². The van der Waals surface area contributed by atoms with Crippen LogP contribution in [0.1, 0.15) is 19.2 Å². The highest BCUT2D eigenvalue weighted by Crippen LogP contribution is 2.19. The average molecular weight is 231 g/mol. The van der Waals surface area contributed by atoms with E-state index in [1.54, 1.807) is 25.1 Å². The lowest BCUT2D eigenvalue weighted by atomic mass is 10.2. The van der Waals surface area contributed by atoms with Crippen molar-refractivity contribution in [3.63, 3.8) is 0 Å². The molecule has 0 spiro atoms. The van der Waals surface area contributed by atoms with E-state index in [9.17, 15) is 9.90 Å². The summed E-state index contributed by atoms with van der Waals surface area (Å²) in [6.07, 6.45) is 2.53. The maximum absolute atomic E-state index is 10.1. The van der Waals surface area contributed by atoms with Crippen LogP contribution in [0.25, 0.3) is 11.0 Å². The fourth-order valence-corrected chi connectivity index (χ4v) is 1.64. The Morgan fingerprint density at radius 2 is 2.41 bits per heavy atom. The Labute approximate surface area is 98.2 Å². The first-order valence-corrected chi connectivity index (χ1v) is 5.43. The molecule has 17 heavy (non-hydrogen) atoms. The third-order valence-corrected chi connectivity index (χ3v) is 2.49. The molecule has 1 aromatic heterocycles. The van der Waals surface area contributed by atoms with Crippen molar-refractivity contribution in [3.05, 3.63) is 24.0 Å². The maximum Gasteiger partial charge on any atom is 0.240 e. The van der Waals surface area contributed by atoms with E-state index in [-0.39, 0.29) is 6.10 Å². The number of aromatic amines is 1. The molecule has 0 bridgehead atoms. The Morgan fingerprint density at radius 1 is 1.59 bits per heavy atom. The van der Waals surface area contributed by atoms with Gasteiger partial charge in [-0.25, -0.2) is 9.78 Å². The van der Waals surface area contributed by atoms with Gasteiger partial charge in [0.05, 0.1) is 22.8 Å². The number of hydrogen-bond acceptors (Lipinski definition) is 4. The second-order valence-electron chi connectivity index (χ2n) is 3.98. The molecule has 2 aromatic rings. The summed E-state index contributed by atoms with van der Waals surface area (Å²) in [5.41, 5.74) is 2.22. The van der Waals surface area contributed by atoms with Crippen LogP contribution in [-0.2, 0) is 11.2 Å². The van der Waals surface area contributed by atoms with Crippen molar-refractivity contribution < 1.29 is 9.90 Å². The number of isocyanates is 1. The van der Waals surface area contributed by atoms with Crippen LogP contribution in [0.5, 0.6) is 0 Å². The summed E-state index contributed by atoms with van der Waals surface area (Å²) in [5, 5.41) is 9.20. The minimum absolute atomic E-state index is 0.335. The molecule has 1 heterocycles. The zero-order chi connectivity index (χ0) is 12.3. The lowest BCUT2D eigenvalue weighted by Gasteiger charge is -1.99. The molecule has 0 amide bonds. The molecule has 88 valence electrons. The zero-order valence-corrected chi connectivity index (χ0v) is 9.47. The normalized spacial score (nSPS) is 12.4. The number of H-pyrrole nitrogens is 1. The summed E-state index contributed by atoms with van der Waals surface area (Å²) in [7, 11) is 0. The van der Waals surface area contributed by atoms with Gasteiger partial charge in [0, 0.05) is 6.42 Å². The van der Waals surface area contributed by atoms with Crippen molar-refractivity contribution in [1.29, 1.82) is 0 Å². The second kappa shape index (κ2) is 4.91. The number of aliphatic hydroxyl groups is 1. The smallest absolute Gasteiger partial charge is 0.240 e. The summed E-state index contributed by atoms with van der Waals surface area (Å²) >= 11 is 0. The number of fused-ring (bicyclic) bond motifs is 1. The van der Waals surface area contributed by atoms with Crippen molar-refractivity contribution in [2.75, 3.05) is 0 Å². The van der Waals surface area contributed by atoms with Crippen molar-refractivity contribution >= 4 is 22.8 Å². The quantitative estimate of drug-likeness (QED) is 0.622. The number of hydrogen-bond donors (Lipinski definition) is 2. The second-order valence-corrected chi connectivity index (χ2v) is 3.98. The Bertz CT molecular complexity index is 568. The van der Waals surface area contributed by atoms with Gasteiger partial charge in [0.2, 0.25) is 6.08 Å². The largest absolute Gasteiger partial charge is 0.393 e. The van der Waals surface area contributed by atoms with Gasteiger partial charge < -0.3 is 10.1 Å². The van der Waals surface area contributed by atoms with E-state index in [4.69, 9.17) is 0 Å². The van der Waals surface area contributed by atoms with Gasteiger partial charge in [-0.3, -0.25) is 0 Å². The number of aliphatic hydroxyl groups excluding tert-OH is 1. The third kappa shape index (κ3) is 2.78. The minimum Gasteiger partial charge on any atom is -0.393 e. The SMILES string of the molecule is CC(O)CCc1nc2ccc(N=C=O)cc2[nH]1. The fraction of sp³-hybridized carbons (Fsp3) is 0.333. The minimum atomic E-state index is -0.335. The standard InChI is InChI=1S/C12H13N3O2/c1-8(17)2-5-12-14-10-4-3-9(13-7-16)6-11(10)15-12/h3-4,6,8,17H,2,5H2,1H3,(H,14,15). The van der Waals surface area contributed by atoms with E-state index in [1.807, 2.05) is 0 Å². The molecule has 0 saturated carbocycles. The number of benzene rings is 1. The lowest BCUT2D eigenvalue weighted by molar-refractivity contribution is 0.184. The highest BCUT2D eigenvalue weighted by Gasteiger charge is 2.05. The third-order valence-electron chi connectivity index (χ3n) is 2.49. The van der Waals surface area contributed by atoms with Crippen LogP contribution in [-0.4, -0.2) is 27.3 Å². The Hall–Kier alpha value is -1.97. The molecule has 0 fully saturated rings. The predicted molar refractivity (Wildman–Crippen MR) is 63.9 cm³/mol. The van der Waals surface area contributed by atoms with Crippen LogP contribution in [0, 0.1) is 0 Å². The molecule has 1 aromatic carbocycles. The van der Waals surface area contributed by atoms with E-state index in [0.29, 0.717) is 18.5 Å². The molecule has 5 heteroatoms. The molecule has 2 rings (SSSR count). The Morgan fingerprint density at radius 3 is 3.12 bits per heavy atom. The molecule has 0 saturated heterocycles. The first-order chi connectivity index (χ1) is 8.19. The predicted octanol–water partition coefficient (Wildman–Crippen LogP) is 1.84. The highest BCUT2D eigenvalue weighted by atomic mass is 16.3. The molecule has 0 aliphatic carbocycles. The van der Waals surface area contributed by atoms with E-state index >= 15 is 0 Å². The topological polar surface area (TPSA) is 78.3 Å². The van der Waals surface area contributed by atoms with Gasteiger partial charge in [-0.05, 0) is 31.5 Å². The van der Waals surface area contributed by atoms with Gasteiger partial charge >= 0.3 is 0 Å². The first kappa shape index (κ1) is 11.5. The van der Waals surface area contributed by atoms with Gasteiger partial charge in [-0.1, -0.05) is 0 Å². The summed E-state index contributed by atoms with van der Waals surface area (Å²) in [6, 6.07) is 5.26. The highest BCUT2D eigenvalue weighted by molar-refractivity contribution is 5.79. The number of nitrogens with zero attached hydrogens (tertiary/aromatic N) is 2. The maximum atomic E-state index is 10.1. The summed E-state index contributed by atoms with van der Waals surface area (Å²) in [4.78, 5) is 21.2. The number of aliphatic imine (C=N–C) groups is 1. The number of aryl methyl sites for hydroxylation is 1. The van der Waals surface area contributed by atoms with Crippen LogP contribution >= 0.6 is 0 Å². The van der Waals surface area contributed by atoms with E-state index < -0.39 is 0 Å². The molecule has 1 unspecified atom stereocenters. The van der Waals surface area contributed by atoms with Crippen molar-refractivity contribution in [2.24, 2.45) is 4.99 Å². The van der Waals surface area contributed by atoms with E-state index in [2.05, 4.69) is 15.0 Å². The van der Waals surface area contributed by atoms with Crippen LogP contribution in [0.2, 0.25) is 0 Å². The van der Waals surface area contributed by atoms with E-state index in [1.165, 1.54) is 6.08 Å². The number of aromatic nitrogens is 2. The van der Waals surface area contributed by atoms with Crippen molar-refractivity contribution in [1.82, 2.24) is 9.97 Å². The molecule has 0 aliphatic rings. The summed E-state index contributed by atoms with van der Waals surface area (Å²) in [5.74, 6) is 0.827. The molecule has 2 N–H and O–H groups in total. The molecule has 5 nitrogen and oxygen atoms in total. The summed E-state index contributed by atoms with van der Waals surface area (Å²) in [6.45, 7) is 1.75.